The highest BCUT2D eigenvalue weighted by molar-refractivity contribution is 9.10. The van der Waals surface area contributed by atoms with Gasteiger partial charge in [-0.25, -0.2) is 0 Å². The van der Waals surface area contributed by atoms with Gasteiger partial charge in [-0.05, 0) is 41.4 Å². The van der Waals surface area contributed by atoms with Crippen molar-refractivity contribution in [3.8, 4) is 11.5 Å². The second kappa shape index (κ2) is 7.13. The summed E-state index contributed by atoms with van der Waals surface area (Å²) in [5, 5.41) is 9.16. The fourth-order valence-corrected chi connectivity index (χ4v) is 3.24. The summed E-state index contributed by atoms with van der Waals surface area (Å²) in [4.78, 5) is 13.3. The number of piperidine rings is 1. The lowest BCUT2D eigenvalue weighted by molar-refractivity contribution is -0.143. The SMILES string of the molecule is COc1cc(OC)c(CN2CCCC(C(=O)O)C2)cc1Br. The summed E-state index contributed by atoms with van der Waals surface area (Å²) in [7, 11) is 3.24. The number of aliphatic carboxylic acids is 1. The summed E-state index contributed by atoms with van der Waals surface area (Å²) in [6.45, 7) is 2.17. The van der Waals surface area contributed by atoms with Crippen LogP contribution in [-0.2, 0) is 11.3 Å². The molecular formula is C15H20BrNO4. The Kier molecular flexibility index (Phi) is 5.47. The summed E-state index contributed by atoms with van der Waals surface area (Å²) in [6, 6.07) is 3.82. The van der Waals surface area contributed by atoms with Gasteiger partial charge < -0.3 is 14.6 Å². The summed E-state index contributed by atoms with van der Waals surface area (Å²) in [5.74, 6) is 0.499. The van der Waals surface area contributed by atoms with E-state index in [1.54, 1.807) is 14.2 Å². The molecule has 116 valence electrons. The van der Waals surface area contributed by atoms with Crippen LogP contribution in [0, 0.1) is 5.92 Å². The highest BCUT2D eigenvalue weighted by Crippen LogP contribution is 2.34. The Labute approximate surface area is 133 Å². The maximum atomic E-state index is 11.1. The quantitative estimate of drug-likeness (QED) is 0.877. The average Bonchev–Trinajstić information content (AvgIpc) is 2.48. The van der Waals surface area contributed by atoms with Crippen LogP contribution in [0.3, 0.4) is 0 Å². The van der Waals surface area contributed by atoms with Crippen molar-refractivity contribution in [3.63, 3.8) is 0 Å². The molecule has 1 fully saturated rings. The van der Waals surface area contributed by atoms with Crippen LogP contribution in [-0.4, -0.2) is 43.3 Å². The van der Waals surface area contributed by atoms with Crippen LogP contribution < -0.4 is 9.47 Å². The van der Waals surface area contributed by atoms with Crippen molar-refractivity contribution < 1.29 is 19.4 Å². The van der Waals surface area contributed by atoms with Gasteiger partial charge in [-0.1, -0.05) is 0 Å². The van der Waals surface area contributed by atoms with Gasteiger partial charge in [-0.15, -0.1) is 0 Å². The molecule has 1 aliphatic heterocycles. The third-order valence-electron chi connectivity index (χ3n) is 3.80. The molecule has 0 aromatic heterocycles. The van der Waals surface area contributed by atoms with Gasteiger partial charge in [0.05, 0.1) is 24.6 Å². The second-order valence-electron chi connectivity index (χ2n) is 5.21. The topological polar surface area (TPSA) is 59.0 Å². The predicted molar refractivity (Wildman–Crippen MR) is 82.9 cm³/mol. The van der Waals surface area contributed by atoms with Crippen LogP contribution in [0.15, 0.2) is 16.6 Å². The van der Waals surface area contributed by atoms with Crippen molar-refractivity contribution in [3.05, 3.63) is 22.2 Å². The first-order chi connectivity index (χ1) is 10.0. The molecule has 0 radical (unpaired) electrons. The van der Waals surface area contributed by atoms with E-state index in [0.717, 1.165) is 40.9 Å². The summed E-state index contributed by atoms with van der Waals surface area (Å²) < 4.78 is 11.5. The minimum atomic E-state index is -0.706. The monoisotopic (exact) mass is 357 g/mol. The molecule has 1 aromatic carbocycles. The van der Waals surface area contributed by atoms with Gasteiger partial charge in [-0.3, -0.25) is 9.69 Å². The smallest absolute Gasteiger partial charge is 0.307 e. The summed E-state index contributed by atoms with van der Waals surface area (Å²) >= 11 is 3.48. The number of carboxylic acids is 1. The van der Waals surface area contributed by atoms with Crippen LogP contribution in [0.5, 0.6) is 11.5 Å². The fourth-order valence-electron chi connectivity index (χ4n) is 2.69. The number of hydrogen-bond acceptors (Lipinski definition) is 4. The molecule has 0 amide bonds. The van der Waals surface area contributed by atoms with E-state index in [2.05, 4.69) is 20.8 Å². The number of methoxy groups -OCH3 is 2. The number of rotatable bonds is 5. The Morgan fingerprint density at radius 1 is 1.38 bits per heavy atom. The van der Waals surface area contributed by atoms with E-state index < -0.39 is 5.97 Å². The number of halogens is 1. The second-order valence-corrected chi connectivity index (χ2v) is 6.07. The largest absolute Gasteiger partial charge is 0.496 e. The lowest BCUT2D eigenvalue weighted by Gasteiger charge is -2.31. The first-order valence-electron chi connectivity index (χ1n) is 6.90. The van der Waals surface area contributed by atoms with Gasteiger partial charge in [0.1, 0.15) is 11.5 Å². The van der Waals surface area contributed by atoms with Gasteiger partial charge in [-0.2, -0.15) is 0 Å². The van der Waals surface area contributed by atoms with Gasteiger partial charge in [0.2, 0.25) is 0 Å². The molecule has 6 heteroatoms. The van der Waals surface area contributed by atoms with E-state index >= 15 is 0 Å². The van der Waals surface area contributed by atoms with Gasteiger partial charge in [0, 0.05) is 24.7 Å². The van der Waals surface area contributed by atoms with Crippen molar-refractivity contribution in [1.82, 2.24) is 4.90 Å². The Morgan fingerprint density at radius 3 is 2.71 bits per heavy atom. The van der Waals surface area contributed by atoms with Gasteiger partial charge in [0.15, 0.2) is 0 Å². The average molecular weight is 358 g/mol. The molecule has 0 aliphatic carbocycles. The van der Waals surface area contributed by atoms with Crippen LogP contribution >= 0.6 is 15.9 Å². The first kappa shape index (κ1) is 16.1. The molecule has 5 nitrogen and oxygen atoms in total. The van der Waals surface area contributed by atoms with Crippen molar-refractivity contribution in [2.45, 2.75) is 19.4 Å². The van der Waals surface area contributed by atoms with Gasteiger partial charge >= 0.3 is 5.97 Å². The zero-order chi connectivity index (χ0) is 15.4. The first-order valence-corrected chi connectivity index (χ1v) is 7.70. The number of hydrogen-bond donors (Lipinski definition) is 1. The summed E-state index contributed by atoms with van der Waals surface area (Å²) in [6.07, 6.45) is 1.67. The zero-order valence-corrected chi connectivity index (χ0v) is 13.9. The molecular weight excluding hydrogens is 338 g/mol. The maximum absolute atomic E-state index is 11.1. The zero-order valence-electron chi connectivity index (χ0n) is 12.3. The molecule has 1 aliphatic rings. The van der Waals surface area contributed by atoms with E-state index in [1.165, 1.54) is 0 Å². The van der Waals surface area contributed by atoms with E-state index in [4.69, 9.17) is 14.6 Å². The normalized spacial score (nSPS) is 19.3. The standard InChI is InChI=1S/C15H20BrNO4/c1-20-13-7-14(21-2)12(16)6-11(13)9-17-5-3-4-10(8-17)15(18)19/h6-7,10H,3-5,8-9H2,1-2H3,(H,18,19). The Balaban J connectivity index is 2.15. The van der Waals surface area contributed by atoms with E-state index in [9.17, 15) is 4.79 Å². The lowest BCUT2D eigenvalue weighted by Crippen LogP contribution is -2.38. The number of carbonyl (C=O) groups is 1. The summed E-state index contributed by atoms with van der Waals surface area (Å²) in [5.41, 5.74) is 1.02. The minimum Gasteiger partial charge on any atom is -0.496 e. The van der Waals surface area contributed by atoms with E-state index in [-0.39, 0.29) is 5.92 Å². The highest BCUT2D eigenvalue weighted by atomic mass is 79.9. The fraction of sp³-hybridized carbons (Fsp3) is 0.533. The van der Waals surface area contributed by atoms with Crippen LogP contribution in [0.4, 0.5) is 0 Å². The number of benzene rings is 1. The molecule has 1 aromatic rings. The van der Waals surface area contributed by atoms with Crippen LogP contribution in [0.1, 0.15) is 18.4 Å². The van der Waals surface area contributed by atoms with Crippen molar-refractivity contribution >= 4 is 21.9 Å². The number of likely N-dealkylation sites (tertiary alicyclic amines) is 1. The molecule has 0 spiro atoms. The number of nitrogens with zero attached hydrogens (tertiary/aromatic N) is 1. The van der Waals surface area contributed by atoms with Crippen molar-refractivity contribution in [2.75, 3.05) is 27.3 Å². The van der Waals surface area contributed by atoms with Crippen molar-refractivity contribution in [2.24, 2.45) is 5.92 Å². The molecule has 21 heavy (non-hydrogen) atoms. The van der Waals surface area contributed by atoms with E-state index in [0.29, 0.717) is 13.1 Å². The van der Waals surface area contributed by atoms with Crippen LogP contribution in [0.2, 0.25) is 0 Å². The highest BCUT2D eigenvalue weighted by Gasteiger charge is 2.26. The Hall–Kier alpha value is -1.27. The van der Waals surface area contributed by atoms with Crippen molar-refractivity contribution in [1.29, 1.82) is 0 Å². The molecule has 1 saturated heterocycles. The Morgan fingerprint density at radius 2 is 2.10 bits per heavy atom. The predicted octanol–water partition coefficient (Wildman–Crippen LogP) is 2.76. The van der Waals surface area contributed by atoms with Crippen LogP contribution in [0.25, 0.3) is 0 Å². The van der Waals surface area contributed by atoms with E-state index in [1.807, 2.05) is 12.1 Å². The third-order valence-corrected chi connectivity index (χ3v) is 4.42. The molecule has 2 rings (SSSR count). The molecule has 1 N–H and O–H groups in total. The maximum Gasteiger partial charge on any atom is 0.307 e. The molecule has 0 saturated carbocycles. The minimum absolute atomic E-state index is 0.272. The number of ether oxygens (including phenoxy) is 2. The molecule has 0 bridgehead atoms. The van der Waals surface area contributed by atoms with Gasteiger partial charge in [0.25, 0.3) is 0 Å². The molecule has 1 atom stereocenters. The number of carboxylic acid groups (broad SMARTS) is 1. The Bertz CT molecular complexity index is 521. The molecule has 1 unspecified atom stereocenters. The molecule has 1 heterocycles. The lowest BCUT2D eigenvalue weighted by atomic mass is 9.98. The third kappa shape index (κ3) is 3.89.